The van der Waals surface area contributed by atoms with E-state index in [0.717, 1.165) is 11.3 Å². The van der Waals surface area contributed by atoms with Crippen molar-refractivity contribution in [3.8, 4) is 5.75 Å². The van der Waals surface area contributed by atoms with E-state index in [4.69, 9.17) is 9.47 Å². The van der Waals surface area contributed by atoms with Crippen LogP contribution >= 0.6 is 0 Å². The fraction of sp³-hybridized carbons (Fsp3) is 0.467. The Morgan fingerprint density at radius 3 is 2.52 bits per heavy atom. The fourth-order valence-corrected chi connectivity index (χ4v) is 2.26. The van der Waals surface area contributed by atoms with Crippen molar-refractivity contribution in [3.63, 3.8) is 0 Å². The SMILES string of the molecule is COC(=O)C[C@H]1OC(=O)N(Cc2ccc(OC)cc2)[C@H]1C. The molecule has 21 heavy (non-hydrogen) atoms. The van der Waals surface area contributed by atoms with Crippen LogP contribution < -0.4 is 4.74 Å². The second-order valence-corrected chi connectivity index (χ2v) is 4.92. The number of carbonyl (C=O) groups is 2. The number of rotatable bonds is 5. The molecule has 1 saturated heterocycles. The van der Waals surface area contributed by atoms with Crippen molar-refractivity contribution in [1.29, 1.82) is 0 Å². The molecule has 0 aromatic heterocycles. The van der Waals surface area contributed by atoms with E-state index in [1.54, 1.807) is 12.0 Å². The topological polar surface area (TPSA) is 65.1 Å². The molecule has 2 atom stereocenters. The molecule has 0 saturated carbocycles. The van der Waals surface area contributed by atoms with E-state index in [-0.39, 0.29) is 18.4 Å². The molecule has 0 spiro atoms. The summed E-state index contributed by atoms with van der Waals surface area (Å²) in [6.45, 7) is 2.30. The molecular formula is C15H19NO5. The molecule has 6 nitrogen and oxygen atoms in total. The highest BCUT2D eigenvalue weighted by molar-refractivity contribution is 5.74. The van der Waals surface area contributed by atoms with Crippen LogP contribution in [-0.4, -0.2) is 43.3 Å². The van der Waals surface area contributed by atoms with E-state index in [1.165, 1.54) is 7.11 Å². The summed E-state index contributed by atoms with van der Waals surface area (Å²) in [6.07, 6.45) is -0.807. The maximum absolute atomic E-state index is 11.9. The van der Waals surface area contributed by atoms with Gasteiger partial charge in [-0.25, -0.2) is 4.79 Å². The molecule has 6 heteroatoms. The van der Waals surface area contributed by atoms with Gasteiger partial charge in [0.15, 0.2) is 0 Å². The van der Waals surface area contributed by atoms with Gasteiger partial charge in [-0.3, -0.25) is 9.69 Å². The molecule has 0 aliphatic carbocycles. The number of amides is 1. The zero-order valence-electron chi connectivity index (χ0n) is 12.4. The summed E-state index contributed by atoms with van der Waals surface area (Å²) in [6, 6.07) is 7.29. The molecule has 1 aromatic rings. The smallest absolute Gasteiger partial charge is 0.410 e. The summed E-state index contributed by atoms with van der Waals surface area (Å²) in [5.74, 6) is 0.380. The molecule has 1 fully saturated rings. The Morgan fingerprint density at radius 2 is 1.95 bits per heavy atom. The van der Waals surface area contributed by atoms with Gasteiger partial charge in [-0.15, -0.1) is 0 Å². The largest absolute Gasteiger partial charge is 0.497 e. The zero-order valence-corrected chi connectivity index (χ0v) is 12.4. The van der Waals surface area contributed by atoms with Crippen LogP contribution in [0.3, 0.4) is 0 Å². The van der Waals surface area contributed by atoms with Crippen LogP contribution in [-0.2, 0) is 20.8 Å². The molecule has 0 radical (unpaired) electrons. The first-order valence-corrected chi connectivity index (χ1v) is 6.72. The van der Waals surface area contributed by atoms with Crippen molar-refractivity contribution >= 4 is 12.1 Å². The van der Waals surface area contributed by atoms with Crippen LogP contribution in [0.5, 0.6) is 5.75 Å². The summed E-state index contributed by atoms with van der Waals surface area (Å²) < 4.78 is 14.9. The predicted molar refractivity (Wildman–Crippen MR) is 74.9 cm³/mol. The van der Waals surface area contributed by atoms with Crippen molar-refractivity contribution in [2.24, 2.45) is 0 Å². The van der Waals surface area contributed by atoms with Gasteiger partial charge in [0.1, 0.15) is 11.9 Å². The molecule has 0 N–H and O–H groups in total. The Balaban J connectivity index is 2.02. The monoisotopic (exact) mass is 293 g/mol. The highest BCUT2D eigenvalue weighted by atomic mass is 16.6. The van der Waals surface area contributed by atoms with Crippen molar-refractivity contribution < 1.29 is 23.8 Å². The number of benzene rings is 1. The Hall–Kier alpha value is -2.24. The van der Waals surface area contributed by atoms with E-state index in [1.807, 2.05) is 31.2 Å². The minimum Gasteiger partial charge on any atom is -0.497 e. The van der Waals surface area contributed by atoms with Gasteiger partial charge < -0.3 is 14.2 Å². The number of ether oxygens (including phenoxy) is 3. The molecule has 1 aliphatic heterocycles. The zero-order chi connectivity index (χ0) is 15.4. The first-order chi connectivity index (χ1) is 10.0. The van der Waals surface area contributed by atoms with E-state index in [2.05, 4.69) is 4.74 Å². The van der Waals surface area contributed by atoms with Gasteiger partial charge in [0, 0.05) is 6.54 Å². The number of carbonyl (C=O) groups excluding carboxylic acids is 2. The normalized spacial score (nSPS) is 21.1. The Labute approximate surface area is 123 Å². The van der Waals surface area contributed by atoms with Crippen molar-refractivity contribution in [1.82, 2.24) is 4.90 Å². The lowest BCUT2D eigenvalue weighted by atomic mass is 10.1. The minimum absolute atomic E-state index is 0.0719. The lowest BCUT2D eigenvalue weighted by molar-refractivity contribution is -0.142. The van der Waals surface area contributed by atoms with Crippen molar-refractivity contribution in [3.05, 3.63) is 29.8 Å². The molecular weight excluding hydrogens is 274 g/mol. The number of cyclic esters (lactones) is 1. The Kier molecular flexibility index (Phi) is 4.67. The van der Waals surface area contributed by atoms with Gasteiger partial charge >= 0.3 is 12.1 Å². The van der Waals surface area contributed by atoms with Crippen LogP contribution in [0.2, 0.25) is 0 Å². The minimum atomic E-state index is -0.469. The molecule has 0 unspecified atom stereocenters. The molecule has 0 bridgehead atoms. The average molecular weight is 293 g/mol. The standard InChI is InChI=1S/C15H19NO5/c1-10-13(8-14(17)20-3)21-15(18)16(10)9-11-4-6-12(19-2)7-5-11/h4-7,10,13H,8-9H2,1-3H3/t10-,13+/m0/s1. The van der Waals surface area contributed by atoms with Gasteiger partial charge in [0.25, 0.3) is 0 Å². The lowest BCUT2D eigenvalue weighted by Crippen LogP contribution is -2.34. The number of esters is 1. The molecule has 1 aromatic carbocycles. The first-order valence-electron chi connectivity index (χ1n) is 6.72. The van der Waals surface area contributed by atoms with E-state index < -0.39 is 12.2 Å². The maximum Gasteiger partial charge on any atom is 0.410 e. The van der Waals surface area contributed by atoms with E-state index in [9.17, 15) is 9.59 Å². The van der Waals surface area contributed by atoms with E-state index in [0.29, 0.717) is 6.54 Å². The molecule has 1 amide bonds. The van der Waals surface area contributed by atoms with Crippen LogP contribution in [0.25, 0.3) is 0 Å². The number of methoxy groups -OCH3 is 2. The van der Waals surface area contributed by atoms with Crippen molar-refractivity contribution in [2.45, 2.75) is 32.0 Å². The van der Waals surface area contributed by atoms with Crippen LogP contribution in [0.4, 0.5) is 4.79 Å². The third kappa shape index (κ3) is 3.45. The number of nitrogens with zero attached hydrogens (tertiary/aromatic N) is 1. The molecule has 2 rings (SSSR count). The summed E-state index contributed by atoms with van der Waals surface area (Å²) in [5, 5.41) is 0. The van der Waals surface area contributed by atoms with Gasteiger partial charge in [-0.05, 0) is 24.6 Å². The van der Waals surface area contributed by atoms with Gasteiger partial charge in [-0.1, -0.05) is 12.1 Å². The van der Waals surface area contributed by atoms with Gasteiger partial charge in [0.2, 0.25) is 0 Å². The summed E-state index contributed by atoms with van der Waals surface area (Å²) in [4.78, 5) is 24.8. The lowest BCUT2D eigenvalue weighted by Gasteiger charge is -2.20. The van der Waals surface area contributed by atoms with Gasteiger partial charge in [0.05, 0.1) is 26.7 Å². The third-order valence-corrected chi connectivity index (χ3v) is 3.62. The molecule has 114 valence electrons. The maximum atomic E-state index is 11.9. The number of hydrogen-bond acceptors (Lipinski definition) is 5. The van der Waals surface area contributed by atoms with Crippen molar-refractivity contribution in [2.75, 3.05) is 14.2 Å². The second kappa shape index (κ2) is 6.47. The summed E-state index contributed by atoms with van der Waals surface area (Å²) in [7, 11) is 2.92. The number of hydrogen-bond donors (Lipinski definition) is 0. The average Bonchev–Trinajstić information content (AvgIpc) is 2.75. The highest BCUT2D eigenvalue weighted by Crippen LogP contribution is 2.24. The summed E-state index contributed by atoms with van der Waals surface area (Å²) in [5.41, 5.74) is 0.971. The molecule has 1 heterocycles. The van der Waals surface area contributed by atoms with Crippen LogP contribution in [0, 0.1) is 0 Å². The summed E-state index contributed by atoms with van der Waals surface area (Å²) >= 11 is 0. The van der Waals surface area contributed by atoms with Gasteiger partial charge in [-0.2, -0.15) is 0 Å². The van der Waals surface area contributed by atoms with Crippen LogP contribution in [0.1, 0.15) is 18.9 Å². The Bertz CT molecular complexity index is 513. The van der Waals surface area contributed by atoms with Crippen LogP contribution in [0.15, 0.2) is 24.3 Å². The molecule has 1 aliphatic rings. The quantitative estimate of drug-likeness (QED) is 0.777. The predicted octanol–water partition coefficient (Wildman–Crippen LogP) is 1.97. The first kappa shape index (κ1) is 15.2. The van der Waals surface area contributed by atoms with E-state index >= 15 is 0 Å². The highest BCUT2D eigenvalue weighted by Gasteiger charge is 2.39. The fourth-order valence-electron chi connectivity index (χ4n) is 2.26. The Morgan fingerprint density at radius 1 is 1.29 bits per heavy atom. The third-order valence-electron chi connectivity index (χ3n) is 3.62. The second-order valence-electron chi connectivity index (χ2n) is 4.92.